The Morgan fingerprint density at radius 2 is 2.03 bits per heavy atom. The van der Waals surface area contributed by atoms with E-state index in [1.165, 1.54) is 24.6 Å². The Kier molecular flexibility index (Phi) is 10.4. The van der Waals surface area contributed by atoms with Gasteiger partial charge in [-0.25, -0.2) is 17.7 Å². The molecule has 0 bridgehead atoms. The van der Waals surface area contributed by atoms with Crippen LogP contribution < -0.4 is 40.2 Å². The fourth-order valence-electron chi connectivity index (χ4n) is 2.95. The minimum atomic E-state index is -5.12. The van der Waals surface area contributed by atoms with Crippen LogP contribution in [0.15, 0.2) is 46.9 Å². The standard InChI is InChI=1S/C19H18ClN5O7S2.Na/c1-32-24-15(12-10-33-19(21-12)22-14(26)9-20)17(27)23-16-13(25(18(16)28)34(29,30)31)8-7-11-5-3-2-4-6-11;/h2-8,10,13,16H,9H2,1H3,(H,23,27)(H,21,22,26)(H,29,30,31);/q;+1/p-1/t13-,16+;/m1./s1. The average Bonchev–Trinajstić information content (AvgIpc) is 3.25. The number of thiazole rings is 1. The molecule has 35 heavy (non-hydrogen) atoms. The number of β-lactam (4-membered cyclic amide) rings is 1. The summed E-state index contributed by atoms with van der Waals surface area (Å²) in [5, 5.41) is 9.94. The van der Waals surface area contributed by atoms with Gasteiger partial charge in [-0.2, -0.15) is 0 Å². The first-order chi connectivity index (χ1) is 16.2. The summed E-state index contributed by atoms with van der Waals surface area (Å²) in [7, 11) is -3.93. The number of hydrogen-bond acceptors (Lipinski definition) is 10. The molecule has 0 radical (unpaired) electrons. The fraction of sp³-hybridized carbons (Fsp3) is 0.211. The zero-order chi connectivity index (χ0) is 24.9. The van der Waals surface area contributed by atoms with Crippen molar-refractivity contribution in [3.8, 4) is 0 Å². The van der Waals surface area contributed by atoms with Crippen molar-refractivity contribution in [2.45, 2.75) is 12.1 Å². The SMILES string of the molecule is CON=C(C(=O)N[C@@H]1C(=O)N(S(=O)(=O)[O-])[C@@H]1C=Cc1ccccc1)c1csc(NC(=O)CCl)n1.[Na+]. The number of alkyl halides is 1. The average molecular weight is 550 g/mol. The summed E-state index contributed by atoms with van der Waals surface area (Å²) < 4.78 is 34.8. The van der Waals surface area contributed by atoms with Gasteiger partial charge in [-0.05, 0) is 5.56 Å². The maximum atomic E-state index is 12.9. The van der Waals surface area contributed by atoms with E-state index in [4.69, 9.17) is 11.6 Å². The number of benzene rings is 1. The van der Waals surface area contributed by atoms with E-state index >= 15 is 0 Å². The number of rotatable bonds is 9. The predicted molar refractivity (Wildman–Crippen MR) is 123 cm³/mol. The van der Waals surface area contributed by atoms with E-state index in [1.54, 1.807) is 30.3 Å². The zero-order valence-corrected chi connectivity index (χ0v) is 22.8. The van der Waals surface area contributed by atoms with Gasteiger partial charge < -0.3 is 20.0 Å². The van der Waals surface area contributed by atoms with Crippen LogP contribution in [0, 0.1) is 0 Å². The van der Waals surface area contributed by atoms with Gasteiger partial charge >= 0.3 is 29.6 Å². The summed E-state index contributed by atoms with van der Waals surface area (Å²) in [6.07, 6.45) is 2.85. The molecular formula is C19H17ClN5NaO7S2. The van der Waals surface area contributed by atoms with Gasteiger partial charge in [-0.1, -0.05) is 47.6 Å². The molecule has 0 saturated carbocycles. The number of aromatic nitrogens is 1. The number of amides is 3. The van der Waals surface area contributed by atoms with Crippen molar-refractivity contribution in [1.82, 2.24) is 14.6 Å². The van der Waals surface area contributed by atoms with Gasteiger partial charge in [0.2, 0.25) is 5.91 Å². The second kappa shape index (κ2) is 12.6. The molecule has 0 aliphatic carbocycles. The van der Waals surface area contributed by atoms with Crippen LogP contribution in [-0.2, 0) is 29.5 Å². The molecule has 1 aromatic carbocycles. The summed E-state index contributed by atoms with van der Waals surface area (Å²) in [5.41, 5.74) is 0.364. The summed E-state index contributed by atoms with van der Waals surface area (Å²) in [5.74, 6) is -2.82. The fourth-order valence-corrected chi connectivity index (χ4v) is 4.55. The Bertz CT molecular complexity index is 1250. The third-order valence-corrected chi connectivity index (χ3v) is 6.33. The Morgan fingerprint density at radius 3 is 2.63 bits per heavy atom. The summed E-state index contributed by atoms with van der Waals surface area (Å²) in [4.78, 5) is 45.4. The van der Waals surface area contributed by atoms with Gasteiger partial charge in [0.25, 0.3) is 11.8 Å². The number of nitrogens with zero attached hydrogens (tertiary/aromatic N) is 3. The van der Waals surface area contributed by atoms with E-state index in [2.05, 4.69) is 25.6 Å². The number of hydrogen-bond donors (Lipinski definition) is 2. The largest absolute Gasteiger partial charge is 1.00 e. The number of anilines is 1. The number of carbonyl (C=O) groups is 3. The summed E-state index contributed by atoms with van der Waals surface area (Å²) >= 11 is 6.43. The topological polar surface area (TPSA) is 170 Å². The Hall–Kier alpha value is -2.33. The molecule has 2 heterocycles. The van der Waals surface area contributed by atoms with Crippen LogP contribution in [0.5, 0.6) is 0 Å². The Balaban J connectivity index is 0.00000432. The molecule has 2 aromatic rings. The number of halogens is 1. The van der Waals surface area contributed by atoms with E-state index < -0.39 is 40.1 Å². The van der Waals surface area contributed by atoms with Gasteiger partial charge in [-0.15, -0.1) is 22.9 Å². The van der Waals surface area contributed by atoms with Crippen molar-refractivity contribution in [1.29, 1.82) is 0 Å². The molecule has 1 aliphatic rings. The van der Waals surface area contributed by atoms with Crippen molar-refractivity contribution < 1.29 is 61.7 Å². The van der Waals surface area contributed by atoms with Gasteiger partial charge in [0.05, 0.1) is 6.04 Å². The molecule has 3 rings (SSSR count). The van der Waals surface area contributed by atoms with Crippen molar-refractivity contribution >= 4 is 67.9 Å². The van der Waals surface area contributed by atoms with Crippen molar-refractivity contribution in [2.24, 2.45) is 5.16 Å². The van der Waals surface area contributed by atoms with Crippen molar-refractivity contribution in [2.75, 3.05) is 18.3 Å². The van der Waals surface area contributed by atoms with Gasteiger partial charge in [0, 0.05) is 5.38 Å². The van der Waals surface area contributed by atoms with Crippen LogP contribution in [0.25, 0.3) is 6.08 Å². The molecule has 16 heteroatoms. The van der Waals surface area contributed by atoms with E-state index in [0.29, 0.717) is 5.56 Å². The molecule has 2 atom stereocenters. The third kappa shape index (κ3) is 7.10. The summed E-state index contributed by atoms with van der Waals surface area (Å²) in [6, 6.07) is 6.13. The summed E-state index contributed by atoms with van der Waals surface area (Å²) in [6.45, 7) is 0. The van der Waals surface area contributed by atoms with Crippen molar-refractivity contribution in [3.05, 3.63) is 53.0 Å². The predicted octanol–water partition coefficient (Wildman–Crippen LogP) is -2.46. The minimum Gasteiger partial charge on any atom is -0.731 e. The first-order valence-corrected chi connectivity index (χ1v) is 12.2. The van der Waals surface area contributed by atoms with Crippen LogP contribution in [0.1, 0.15) is 11.3 Å². The third-order valence-electron chi connectivity index (χ3n) is 4.42. The number of nitrogens with one attached hydrogen (secondary N) is 2. The smallest absolute Gasteiger partial charge is 0.731 e. The molecule has 0 unspecified atom stereocenters. The van der Waals surface area contributed by atoms with Crippen LogP contribution in [0.4, 0.5) is 5.13 Å². The zero-order valence-electron chi connectivity index (χ0n) is 18.4. The van der Waals surface area contributed by atoms with Crippen LogP contribution in [-0.4, -0.2) is 70.8 Å². The van der Waals surface area contributed by atoms with Crippen LogP contribution in [0.2, 0.25) is 0 Å². The van der Waals surface area contributed by atoms with E-state index in [9.17, 15) is 27.4 Å². The number of oxime groups is 1. The Morgan fingerprint density at radius 1 is 1.34 bits per heavy atom. The maximum Gasteiger partial charge on any atom is 1.00 e. The molecule has 1 saturated heterocycles. The molecule has 180 valence electrons. The molecule has 3 amide bonds. The normalized spacial score (nSPS) is 18.0. The van der Waals surface area contributed by atoms with E-state index in [0.717, 1.165) is 11.3 Å². The first-order valence-electron chi connectivity index (χ1n) is 9.41. The first kappa shape index (κ1) is 28.9. The second-order valence-electron chi connectivity index (χ2n) is 6.65. The molecule has 1 aliphatic heterocycles. The molecule has 2 N–H and O–H groups in total. The molecule has 1 fully saturated rings. The van der Waals surface area contributed by atoms with Crippen molar-refractivity contribution in [3.63, 3.8) is 0 Å². The van der Waals surface area contributed by atoms with Gasteiger partial charge in [0.15, 0.2) is 21.1 Å². The van der Waals surface area contributed by atoms with Crippen LogP contribution in [0.3, 0.4) is 0 Å². The van der Waals surface area contributed by atoms with Gasteiger partial charge in [-0.3, -0.25) is 14.4 Å². The number of carbonyl (C=O) groups excluding carboxylic acids is 3. The maximum absolute atomic E-state index is 12.9. The minimum absolute atomic E-state index is 0. The molecule has 12 nitrogen and oxygen atoms in total. The van der Waals surface area contributed by atoms with E-state index in [-0.39, 0.29) is 56.3 Å². The molecule has 0 spiro atoms. The second-order valence-corrected chi connectivity index (χ2v) is 9.02. The molecule has 1 aromatic heterocycles. The Labute approximate surface area is 231 Å². The van der Waals surface area contributed by atoms with E-state index in [1.807, 2.05) is 0 Å². The monoisotopic (exact) mass is 549 g/mol. The van der Waals surface area contributed by atoms with Crippen LogP contribution >= 0.6 is 22.9 Å². The quantitative estimate of drug-likeness (QED) is 0.0866. The molecular weight excluding hydrogens is 533 g/mol. The van der Waals surface area contributed by atoms with Gasteiger partial charge in [0.1, 0.15) is 24.7 Å².